The third-order valence-corrected chi connectivity index (χ3v) is 5.15. The standard InChI is InChI=1S/C22H24N4O/c27-21(12-11-17-7-3-1-4-8-17)26-14-13-18(16-26)15-20-23-22(25-24-20)19-9-5-2-6-10-19/h1-10,18H,11-16H2,(H,23,24,25). The van der Waals surface area contributed by atoms with Crippen LogP contribution in [0.5, 0.6) is 0 Å². The van der Waals surface area contributed by atoms with E-state index in [2.05, 4.69) is 27.3 Å². The van der Waals surface area contributed by atoms with Gasteiger partial charge in [-0.05, 0) is 24.3 Å². The molecule has 4 rings (SSSR count). The zero-order valence-corrected chi connectivity index (χ0v) is 15.3. The number of hydrogen-bond donors (Lipinski definition) is 1. The fraction of sp³-hybridized carbons (Fsp3) is 0.318. The first kappa shape index (κ1) is 17.5. The fourth-order valence-electron chi connectivity index (χ4n) is 3.66. The minimum absolute atomic E-state index is 0.254. The van der Waals surface area contributed by atoms with Crippen molar-refractivity contribution in [2.24, 2.45) is 5.92 Å². The first-order chi connectivity index (χ1) is 13.3. The Hall–Kier alpha value is -2.95. The van der Waals surface area contributed by atoms with Crippen molar-refractivity contribution in [2.75, 3.05) is 13.1 Å². The maximum absolute atomic E-state index is 12.5. The number of H-pyrrole nitrogens is 1. The minimum atomic E-state index is 0.254. The number of nitrogens with one attached hydrogen (secondary N) is 1. The van der Waals surface area contributed by atoms with Gasteiger partial charge in [0.2, 0.25) is 5.91 Å². The molecule has 5 heteroatoms. The molecular formula is C22H24N4O. The molecule has 5 nitrogen and oxygen atoms in total. The van der Waals surface area contributed by atoms with Gasteiger partial charge in [0.25, 0.3) is 0 Å². The zero-order chi connectivity index (χ0) is 18.5. The van der Waals surface area contributed by atoms with E-state index in [-0.39, 0.29) is 5.91 Å². The Bertz CT molecular complexity index is 876. The Morgan fingerprint density at radius 1 is 1.07 bits per heavy atom. The summed E-state index contributed by atoms with van der Waals surface area (Å²) in [5.41, 5.74) is 2.24. The maximum Gasteiger partial charge on any atom is 0.222 e. The molecule has 27 heavy (non-hydrogen) atoms. The lowest BCUT2D eigenvalue weighted by Gasteiger charge is -2.16. The number of carbonyl (C=O) groups excluding carboxylic acids is 1. The average molecular weight is 360 g/mol. The van der Waals surface area contributed by atoms with E-state index in [0.29, 0.717) is 12.3 Å². The summed E-state index contributed by atoms with van der Waals surface area (Å²) in [6.07, 6.45) is 3.25. The number of carbonyl (C=O) groups is 1. The highest BCUT2D eigenvalue weighted by Crippen LogP contribution is 2.22. The van der Waals surface area contributed by atoms with Gasteiger partial charge in [-0.3, -0.25) is 9.89 Å². The normalized spacial score (nSPS) is 16.6. The van der Waals surface area contributed by atoms with Crippen molar-refractivity contribution in [1.29, 1.82) is 0 Å². The number of rotatable bonds is 6. The predicted molar refractivity (Wildman–Crippen MR) is 105 cm³/mol. The van der Waals surface area contributed by atoms with Crippen molar-refractivity contribution in [3.8, 4) is 11.4 Å². The van der Waals surface area contributed by atoms with E-state index in [1.54, 1.807) is 0 Å². The van der Waals surface area contributed by atoms with Gasteiger partial charge in [0, 0.05) is 31.5 Å². The van der Waals surface area contributed by atoms with Crippen molar-refractivity contribution in [3.63, 3.8) is 0 Å². The van der Waals surface area contributed by atoms with Crippen LogP contribution >= 0.6 is 0 Å². The van der Waals surface area contributed by atoms with E-state index in [4.69, 9.17) is 0 Å². The second kappa shape index (κ2) is 8.16. The van der Waals surface area contributed by atoms with Gasteiger partial charge in [0.05, 0.1) is 0 Å². The molecule has 1 aliphatic heterocycles. The number of benzene rings is 2. The predicted octanol–water partition coefficient (Wildman–Crippen LogP) is 3.50. The summed E-state index contributed by atoms with van der Waals surface area (Å²) in [7, 11) is 0. The molecular weight excluding hydrogens is 336 g/mol. The van der Waals surface area contributed by atoms with Crippen LogP contribution in [0.25, 0.3) is 11.4 Å². The van der Waals surface area contributed by atoms with E-state index in [1.807, 2.05) is 53.4 Å². The Morgan fingerprint density at radius 3 is 2.59 bits per heavy atom. The molecule has 0 bridgehead atoms. The molecule has 1 fully saturated rings. The molecule has 0 spiro atoms. The molecule has 138 valence electrons. The minimum Gasteiger partial charge on any atom is -0.342 e. The number of likely N-dealkylation sites (tertiary alicyclic amines) is 1. The highest BCUT2D eigenvalue weighted by Gasteiger charge is 2.27. The lowest BCUT2D eigenvalue weighted by atomic mass is 10.0. The number of aromatic amines is 1. The summed E-state index contributed by atoms with van der Waals surface area (Å²) >= 11 is 0. The van der Waals surface area contributed by atoms with E-state index in [0.717, 1.165) is 49.6 Å². The molecule has 1 N–H and O–H groups in total. The SMILES string of the molecule is O=C(CCc1ccccc1)N1CCC(Cc2nc(-c3ccccc3)n[nH]2)C1. The van der Waals surface area contributed by atoms with Crippen molar-refractivity contribution < 1.29 is 4.79 Å². The Kier molecular flexibility index (Phi) is 5.28. The molecule has 2 heterocycles. The molecule has 1 unspecified atom stereocenters. The molecule has 3 aromatic rings. The second-order valence-corrected chi connectivity index (χ2v) is 7.16. The van der Waals surface area contributed by atoms with Gasteiger partial charge < -0.3 is 4.90 Å². The Morgan fingerprint density at radius 2 is 1.81 bits per heavy atom. The summed E-state index contributed by atoms with van der Waals surface area (Å²) in [4.78, 5) is 19.1. The van der Waals surface area contributed by atoms with Crippen LogP contribution in [0.15, 0.2) is 60.7 Å². The fourth-order valence-corrected chi connectivity index (χ4v) is 3.66. The van der Waals surface area contributed by atoms with E-state index in [1.165, 1.54) is 5.56 Å². The van der Waals surface area contributed by atoms with Crippen LogP contribution in [0, 0.1) is 5.92 Å². The van der Waals surface area contributed by atoms with Gasteiger partial charge in [-0.15, -0.1) is 0 Å². The summed E-state index contributed by atoms with van der Waals surface area (Å²) in [5, 5.41) is 7.39. The quantitative estimate of drug-likeness (QED) is 0.732. The summed E-state index contributed by atoms with van der Waals surface area (Å²) in [6, 6.07) is 20.2. The van der Waals surface area contributed by atoms with Crippen LogP contribution in [-0.4, -0.2) is 39.1 Å². The van der Waals surface area contributed by atoms with E-state index >= 15 is 0 Å². The monoisotopic (exact) mass is 360 g/mol. The first-order valence-electron chi connectivity index (χ1n) is 9.56. The Balaban J connectivity index is 1.28. The molecule has 0 radical (unpaired) electrons. The molecule has 1 amide bonds. The van der Waals surface area contributed by atoms with Crippen molar-refractivity contribution >= 4 is 5.91 Å². The molecule has 1 atom stereocenters. The third kappa shape index (κ3) is 4.42. The molecule has 0 saturated carbocycles. The van der Waals surface area contributed by atoms with Crippen LogP contribution < -0.4 is 0 Å². The van der Waals surface area contributed by atoms with Gasteiger partial charge in [-0.25, -0.2) is 4.98 Å². The first-order valence-corrected chi connectivity index (χ1v) is 9.56. The zero-order valence-electron chi connectivity index (χ0n) is 15.3. The van der Waals surface area contributed by atoms with Gasteiger partial charge >= 0.3 is 0 Å². The van der Waals surface area contributed by atoms with Gasteiger partial charge in [0.15, 0.2) is 5.82 Å². The smallest absolute Gasteiger partial charge is 0.222 e. The molecule has 1 aromatic heterocycles. The summed E-state index contributed by atoms with van der Waals surface area (Å²) < 4.78 is 0. The average Bonchev–Trinajstić information content (AvgIpc) is 3.38. The van der Waals surface area contributed by atoms with Crippen molar-refractivity contribution in [3.05, 3.63) is 72.1 Å². The van der Waals surface area contributed by atoms with Crippen LogP contribution in [0.2, 0.25) is 0 Å². The summed E-state index contributed by atoms with van der Waals surface area (Å²) in [5.74, 6) is 2.34. The van der Waals surface area contributed by atoms with Crippen LogP contribution in [-0.2, 0) is 17.6 Å². The van der Waals surface area contributed by atoms with Crippen LogP contribution in [0.1, 0.15) is 24.2 Å². The number of hydrogen-bond acceptors (Lipinski definition) is 3. The maximum atomic E-state index is 12.5. The number of amides is 1. The number of nitrogens with zero attached hydrogens (tertiary/aromatic N) is 3. The lowest BCUT2D eigenvalue weighted by molar-refractivity contribution is -0.130. The van der Waals surface area contributed by atoms with Gasteiger partial charge in [-0.1, -0.05) is 60.7 Å². The van der Waals surface area contributed by atoms with Crippen LogP contribution in [0.3, 0.4) is 0 Å². The lowest BCUT2D eigenvalue weighted by Crippen LogP contribution is -2.29. The molecule has 1 saturated heterocycles. The second-order valence-electron chi connectivity index (χ2n) is 7.16. The van der Waals surface area contributed by atoms with Gasteiger partial charge in [-0.2, -0.15) is 5.10 Å². The topological polar surface area (TPSA) is 61.9 Å². The molecule has 0 aliphatic carbocycles. The molecule has 2 aromatic carbocycles. The van der Waals surface area contributed by atoms with Crippen LogP contribution in [0.4, 0.5) is 0 Å². The van der Waals surface area contributed by atoms with Crippen molar-refractivity contribution in [2.45, 2.75) is 25.7 Å². The van der Waals surface area contributed by atoms with Gasteiger partial charge in [0.1, 0.15) is 5.82 Å². The van der Waals surface area contributed by atoms with Crippen molar-refractivity contribution in [1.82, 2.24) is 20.1 Å². The third-order valence-electron chi connectivity index (χ3n) is 5.15. The summed E-state index contributed by atoms with van der Waals surface area (Å²) in [6.45, 7) is 1.66. The highest BCUT2D eigenvalue weighted by atomic mass is 16.2. The van der Waals surface area contributed by atoms with E-state index < -0.39 is 0 Å². The number of aromatic nitrogens is 3. The Labute approximate surface area is 159 Å². The van der Waals surface area contributed by atoms with E-state index in [9.17, 15) is 4.79 Å². The molecule has 1 aliphatic rings. The largest absolute Gasteiger partial charge is 0.342 e. The number of aryl methyl sites for hydroxylation is 1. The highest BCUT2D eigenvalue weighted by molar-refractivity contribution is 5.76.